The number of amides is 1. The van der Waals surface area contributed by atoms with E-state index in [1.54, 1.807) is 12.0 Å². The van der Waals surface area contributed by atoms with Crippen molar-refractivity contribution >= 4 is 40.3 Å². The number of para-hydroxylation sites is 1. The first-order valence-corrected chi connectivity index (χ1v) is 13.0. The lowest BCUT2D eigenvalue weighted by molar-refractivity contribution is -0.122. The second-order valence-corrected chi connectivity index (χ2v) is 9.96. The van der Waals surface area contributed by atoms with Crippen LogP contribution < -0.4 is 9.47 Å². The topological polar surface area (TPSA) is 56.6 Å². The third-order valence-corrected chi connectivity index (χ3v) is 7.24. The Bertz CT molecular complexity index is 1450. The molecule has 1 fully saturated rings. The van der Waals surface area contributed by atoms with E-state index in [0.717, 1.165) is 39.6 Å². The van der Waals surface area contributed by atoms with Crippen molar-refractivity contribution in [1.29, 1.82) is 0 Å². The number of carbonyl (C=O) groups is 1. The van der Waals surface area contributed by atoms with Crippen LogP contribution in [0.15, 0.2) is 90.0 Å². The largest absolute Gasteiger partial charge is 0.497 e. The molecule has 37 heavy (non-hydrogen) atoms. The molecule has 186 valence electrons. The molecule has 5 rings (SSSR count). The van der Waals surface area contributed by atoms with Crippen molar-refractivity contribution in [3.8, 4) is 28.4 Å². The van der Waals surface area contributed by atoms with Gasteiger partial charge >= 0.3 is 0 Å². The van der Waals surface area contributed by atoms with Crippen LogP contribution in [0.25, 0.3) is 23.0 Å². The molecule has 8 heteroatoms. The molecule has 0 atom stereocenters. The Morgan fingerprint density at radius 3 is 2.35 bits per heavy atom. The summed E-state index contributed by atoms with van der Waals surface area (Å²) in [4.78, 5) is 15.6. The van der Waals surface area contributed by atoms with Crippen LogP contribution in [0, 0.1) is 0 Å². The summed E-state index contributed by atoms with van der Waals surface area (Å²) >= 11 is 6.88. The molecular weight excluding hydrogens is 502 g/mol. The first-order valence-electron chi connectivity index (χ1n) is 11.8. The fraction of sp³-hybridized carbons (Fsp3) is 0.138. The van der Waals surface area contributed by atoms with Crippen molar-refractivity contribution in [2.45, 2.75) is 13.5 Å². The standard InChI is InChI=1S/C29H25N3O3S2/c1-3-35-25-15-11-21(12-16-25)27-22(19-32(30-27)23-7-5-4-6-8-23)17-26-28(33)31(29(36)37-26)18-20-9-13-24(34-2)14-10-20/h4-17,19H,3,18H2,1-2H3/b26-17-. The van der Waals surface area contributed by atoms with E-state index >= 15 is 0 Å². The van der Waals surface area contributed by atoms with Crippen LogP contribution in [0.2, 0.25) is 0 Å². The van der Waals surface area contributed by atoms with Crippen molar-refractivity contribution in [2.24, 2.45) is 0 Å². The van der Waals surface area contributed by atoms with E-state index < -0.39 is 0 Å². The summed E-state index contributed by atoms with van der Waals surface area (Å²) in [7, 11) is 1.63. The van der Waals surface area contributed by atoms with Gasteiger partial charge in [-0.05, 0) is 67.1 Å². The number of nitrogens with zero attached hydrogens (tertiary/aromatic N) is 3. The molecule has 0 radical (unpaired) electrons. The Morgan fingerprint density at radius 2 is 1.68 bits per heavy atom. The lowest BCUT2D eigenvalue weighted by Crippen LogP contribution is -2.27. The summed E-state index contributed by atoms with van der Waals surface area (Å²) in [6, 6.07) is 25.4. The number of methoxy groups -OCH3 is 1. The average molecular weight is 528 g/mol. The Kier molecular flexibility index (Phi) is 7.39. The summed E-state index contributed by atoms with van der Waals surface area (Å²) < 4.78 is 13.2. The third kappa shape index (κ3) is 5.45. The predicted octanol–water partition coefficient (Wildman–Crippen LogP) is 6.35. The minimum absolute atomic E-state index is 0.115. The first-order chi connectivity index (χ1) is 18.1. The minimum Gasteiger partial charge on any atom is -0.497 e. The number of thioether (sulfide) groups is 1. The van der Waals surface area contributed by atoms with Crippen LogP contribution in [0.3, 0.4) is 0 Å². The van der Waals surface area contributed by atoms with E-state index in [1.165, 1.54) is 11.8 Å². The molecule has 0 unspecified atom stereocenters. The molecule has 0 spiro atoms. The van der Waals surface area contributed by atoms with Crippen molar-refractivity contribution in [3.63, 3.8) is 0 Å². The maximum atomic E-state index is 13.4. The smallest absolute Gasteiger partial charge is 0.266 e. The molecule has 0 saturated carbocycles. The fourth-order valence-electron chi connectivity index (χ4n) is 4.00. The van der Waals surface area contributed by atoms with Crippen LogP contribution in [0.4, 0.5) is 0 Å². The average Bonchev–Trinajstić information content (AvgIpc) is 3.47. The molecule has 1 aromatic heterocycles. The summed E-state index contributed by atoms with van der Waals surface area (Å²) in [5, 5.41) is 4.87. The maximum absolute atomic E-state index is 13.4. The zero-order valence-electron chi connectivity index (χ0n) is 20.5. The van der Waals surface area contributed by atoms with Gasteiger partial charge in [0, 0.05) is 17.3 Å². The molecule has 4 aromatic rings. The predicted molar refractivity (Wildman–Crippen MR) is 152 cm³/mol. The van der Waals surface area contributed by atoms with Gasteiger partial charge in [-0.15, -0.1) is 0 Å². The third-order valence-electron chi connectivity index (χ3n) is 5.86. The van der Waals surface area contributed by atoms with Crippen LogP contribution in [-0.2, 0) is 11.3 Å². The monoisotopic (exact) mass is 527 g/mol. The second kappa shape index (κ2) is 11.0. The molecule has 3 aromatic carbocycles. The Hall–Kier alpha value is -3.88. The highest BCUT2D eigenvalue weighted by atomic mass is 32.2. The number of carbonyl (C=O) groups excluding carboxylic acids is 1. The maximum Gasteiger partial charge on any atom is 0.266 e. The van der Waals surface area contributed by atoms with Crippen LogP contribution >= 0.6 is 24.0 Å². The van der Waals surface area contributed by atoms with Crippen molar-refractivity contribution < 1.29 is 14.3 Å². The number of hydrogen-bond donors (Lipinski definition) is 0. The van der Waals surface area contributed by atoms with Gasteiger partial charge < -0.3 is 9.47 Å². The summed E-state index contributed by atoms with van der Waals surface area (Å²) in [5.74, 6) is 1.46. The first kappa shape index (κ1) is 24.8. The normalized spacial score (nSPS) is 14.4. The Balaban J connectivity index is 1.48. The van der Waals surface area contributed by atoms with Gasteiger partial charge in [-0.1, -0.05) is 54.3 Å². The molecule has 6 nitrogen and oxygen atoms in total. The molecule has 0 bridgehead atoms. The van der Waals surface area contributed by atoms with Gasteiger partial charge in [-0.25, -0.2) is 4.68 Å². The van der Waals surface area contributed by atoms with E-state index in [0.29, 0.717) is 22.4 Å². The zero-order chi connectivity index (χ0) is 25.8. The van der Waals surface area contributed by atoms with Gasteiger partial charge in [0.05, 0.1) is 36.5 Å². The van der Waals surface area contributed by atoms with Crippen molar-refractivity contribution in [2.75, 3.05) is 13.7 Å². The summed E-state index contributed by atoms with van der Waals surface area (Å²) in [6.07, 6.45) is 3.82. The zero-order valence-corrected chi connectivity index (χ0v) is 22.1. The highest BCUT2D eigenvalue weighted by Crippen LogP contribution is 2.36. The van der Waals surface area contributed by atoms with Gasteiger partial charge in [0.2, 0.25) is 0 Å². The highest BCUT2D eigenvalue weighted by Gasteiger charge is 2.32. The molecule has 2 heterocycles. The summed E-state index contributed by atoms with van der Waals surface area (Å²) in [5.41, 5.74) is 4.44. The molecule has 1 amide bonds. The van der Waals surface area contributed by atoms with Gasteiger partial charge in [0.25, 0.3) is 5.91 Å². The van der Waals surface area contributed by atoms with Gasteiger partial charge in [-0.3, -0.25) is 9.69 Å². The fourth-order valence-corrected chi connectivity index (χ4v) is 5.24. The molecule has 0 N–H and O–H groups in total. The molecule has 1 saturated heterocycles. The minimum atomic E-state index is -0.115. The molecule has 0 aliphatic carbocycles. The lowest BCUT2D eigenvalue weighted by Gasteiger charge is -2.14. The Morgan fingerprint density at radius 1 is 0.973 bits per heavy atom. The van der Waals surface area contributed by atoms with Crippen LogP contribution in [0.1, 0.15) is 18.1 Å². The quantitative estimate of drug-likeness (QED) is 0.197. The van der Waals surface area contributed by atoms with E-state index in [9.17, 15) is 4.79 Å². The Labute approximate surface area is 225 Å². The van der Waals surface area contributed by atoms with E-state index in [-0.39, 0.29) is 5.91 Å². The van der Waals surface area contributed by atoms with E-state index in [1.807, 2.05) is 103 Å². The van der Waals surface area contributed by atoms with E-state index in [4.69, 9.17) is 26.8 Å². The number of thiocarbonyl (C=S) groups is 1. The molecule has 1 aliphatic rings. The van der Waals surface area contributed by atoms with Crippen molar-refractivity contribution in [3.05, 3.63) is 101 Å². The second-order valence-electron chi connectivity index (χ2n) is 8.29. The lowest BCUT2D eigenvalue weighted by atomic mass is 10.1. The number of hydrogen-bond acceptors (Lipinski definition) is 6. The number of aromatic nitrogens is 2. The number of ether oxygens (including phenoxy) is 2. The van der Waals surface area contributed by atoms with Gasteiger partial charge in [0.15, 0.2) is 0 Å². The van der Waals surface area contributed by atoms with Crippen LogP contribution in [0.5, 0.6) is 11.5 Å². The number of rotatable bonds is 8. The van der Waals surface area contributed by atoms with Gasteiger partial charge in [-0.2, -0.15) is 5.10 Å². The van der Waals surface area contributed by atoms with Crippen LogP contribution in [-0.4, -0.2) is 38.6 Å². The number of benzene rings is 3. The summed E-state index contributed by atoms with van der Waals surface area (Å²) in [6.45, 7) is 2.96. The van der Waals surface area contributed by atoms with E-state index in [2.05, 4.69) is 0 Å². The SMILES string of the molecule is CCOc1ccc(-c2nn(-c3ccccc3)cc2/C=C2\SC(=S)N(Cc3ccc(OC)cc3)C2=O)cc1. The highest BCUT2D eigenvalue weighted by molar-refractivity contribution is 8.26. The van der Waals surface area contributed by atoms with Crippen molar-refractivity contribution in [1.82, 2.24) is 14.7 Å². The molecule has 1 aliphatic heterocycles. The molecular formula is C29H25N3O3S2. The van der Waals surface area contributed by atoms with Gasteiger partial charge in [0.1, 0.15) is 15.8 Å².